The van der Waals surface area contributed by atoms with Crippen LogP contribution in [0.15, 0.2) is 34.2 Å². The van der Waals surface area contributed by atoms with Crippen molar-refractivity contribution in [2.45, 2.75) is 17.7 Å². The summed E-state index contributed by atoms with van der Waals surface area (Å²) in [5.74, 6) is 0. The molecule has 0 aromatic heterocycles. The van der Waals surface area contributed by atoms with Gasteiger partial charge in [0.1, 0.15) is 0 Å². The van der Waals surface area contributed by atoms with Crippen molar-refractivity contribution < 1.29 is 13.2 Å². The first-order chi connectivity index (χ1) is 8.14. The Bertz CT molecular complexity index is 556. The second-order valence-corrected chi connectivity index (χ2v) is 5.75. The molecule has 6 heteroatoms. The fraction of sp³-hybridized carbons (Fsp3) is 0.364. The molecule has 0 atom stereocenters. The van der Waals surface area contributed by atoms with Gasteiger partial charge < -0.3 is 0 Å². The molecule has 90 valence electrons. The van der Waals surface area contributed by atoms with E-state index in [-0.39, 0.29) is 4.90 Å². The highest BCUT2D eigenvalue weighted by Gasteiger charge is 2.27. The monoisotopic (exact) mass is 252 g/mol. The first-order valence-corrected chi connectivity index (χ1v) is 6.77. The highest BCUT2D eigenvalue weighted by atomic mass is 32.2. The summed E-state index contributed by atoms with van der Waals surface area (Å²) in [7, 11) is -3.44. The molecule has 1 aromatic rings. The van der Waals surface area contributed by atoms with Gasteiger partial charge in [0.15, 0.2) is 0 Å². The molecule has 1 aliphatic rings. The fourth-order valence-corrected chi connectivity index (χ4v) is 3.40. The molecule has 0 aliphatic carbocycles. The van der Waals surface area contributed by atoms with Crippen molar-refractivity contribution in [2.24, 2.45) is 4.99 Å². The average Bonchev–Trinajstić information content (AvgIpc) is 2.84. The van der Waals surface area contributed by atoms with Crippen LogP contribution in [0.4, 0.5) is 5.69 Å². The summed E-state index contributed by atoms with van der Waals surface area (Å²) in [5.41, 5.74) is 0.306. The fourth-order valence-electron chi connectivity index (χ4n) is 1.84. The Morgan fingerprint density at radius 1 is 1.24 bits per heavy atom. The summed E-state index contributed by atoms with van der Waals surface area (Å²) < 4.78 is 25.8. The minimum absolute atomic E-state index is 0.177. The Morgan fingerprint density at radius 2 is 1.94 bits per heavy atom. The standard InChI is InChI=1S/C11H12N2O3S/c14-9-12-10-4-3-5-11(8-10)17(15,16)13-6-1-2-7-13/h3-5,8H,1-2,6-7H2. The molecule has 0 saturated carbocycles. The quantitative estimate of drug-likeness (QED) is 0.604. The van der Waals surface area contributed by atoms with Crippen LogP contribution >= 0.6 is 0 Å². The second-order valence-electron chi connectivity index (χ2n) is 3.81. The van der Waals surface area contributed by atoms with Crippen LogP contribution in [0.25, 0.3) is 0 Å². The molecule has 0 unspecified atom stereocenters. The topological polar surface area (TPSA) is 66.8 Å². The molecule has 0 N–H and O–H groups in total. The average molecular weight is 252 g/mol. The van der Waals surface area contributed by atoms with Crippen molar-refractivity contribution in [3.8, 4) is 0 Å². The normalized spacial score (nSPS) is 16.7. The van der Waals surface area contributed by atoms with Crippen LogP contribution < -0.4 is 0 Å². The van der Waals surface area contributed by atoms with Gasteiger partial charge in [0, 0.05) is 13.1 Å². The van der Waals surface area contributed by atoms with Gasteiger partial charge in [-0.15, -0.1) is 0 Å². The van der Waals surface area contributed by atoms with Gasteiger partial charge in [0.2, 0.25) is 16.1 Å². The van der Waals surface area contributed by atoms with Crippen molar-refractivity contribution in [3.63, 3.8) is 0 Å². The van der Waals surface area contributed by atoms with Gasteiger partial charge in [-0.05, 0) is 31.0 Å². The van der Waals surface area contributed by atoms with Gasteiger partial charge in [-0.25, -0.2) is 13.2 Å². The molecule has 1 fully saturated rings. The Kier molecular flexibility index (Phi) is 3.38. The van der Waals surface area contributed by atoms with Gasteiger partial charge >= 0.3 is 0 Å². The van der Waals surface area contributed by atoms with E-state index in [0.717, 1.165) is 12.8 Å². The predicted molar refractivity (Wildman–Crippen MR) is 62.2 cm³/mol. The molecule has 0 bridgehead atoms. The van der Waals surface area contributed by atoms with E-state index in [1.165, 1.54) is 22.5 Å². The summed E-state index contributed by atoms with van der Waals surface area (Å²) in [6, 6.07) is 6.03. The number of benzene rings is 1. The second kappa shape index (κ2) is 4.79. The lowest BCUT2D eigenvalue weighted by Crippen LogP contribution is -2.27. The Labute approximate surface area is 99.8 Å². The van der Waals surface area contributed by atoms with E-state index < -0.39 is 10.0 Å². The summed E-state index contributed by atoms with van der Waals surface area (Å²) in [5, 5.41) is 0. The number of rotatable bonds is 3. The molecule has 17 heavy (non-hydrogen) atoms. The largest absolute Gasteiger partial charge is 0.243 e. The van der Waals surface area contributed by atoms with Gasteiger partial charge in [0.05, 0.1) is 10.6 Å². The lowest BCUT2D eigenvalue weighted by Gasteiger charge is -2.15. The SMILES string of the molecule is O=C=Nc1cccc(S(=O)(=O)N2CCCC2)c1. The first-order valence-electron chi connectivity index (χ1n) is 5.33. The molecule has 1 aliphatic heterocycles. The number of hydrogen-bond donors (Lipinski definition) is 0. The number of aliphatic imine (C=N–C) groups is 1. The van der Waals surface area contributed by atoms with Gasteiger partial charge in [-0.2, -0.15) is 9.30 Å². The molecule has 1 heterocycles. The maximum atomic E-state index is 12.2. The summed E-state index contributed by atoms with van der Waals surface area (Å²) >= 11 is 0. The zero-order valence-corrected chi connectivity index (χ0v) is 9.98. The van der Waals surface area contributed by atoms with E-state index in [1.807, 2.05) is 0 Å². The molecule has 0 radical (unpaired) electrons. The Hall–Kier alpha value is -1.49. The minimum Gasteiger partial charge on any atom is -0.211 e. The maximum Gasteiger partial charge on any atom is 0.243 e. The summed E-state index contributed by atoms with van der Waals surface area (Å²) in [6.07, 6.45) is 3.19. The van der Waals surface area contributed by atoms with Crippen LogP contribution in [0.2, 0.25) is 0 Å². The van der Waals surface area contributed by atoms with Crippen molar-refractivity contribution in [1.82, 2.24) is 4.31 Å². The van der Waals surface area contributed by atoms with Gasteiger partial charge in [-0.1, -0.05) is 6.07 Å². The molecule has 2 rings (SSSR count). The molecule has 0 spiro atoms. The number of isocyanates is 1. The van der Waals surface area contributed by atoms with Gasteiger partial charge in [-0.3, -0.25) is 0 Å². The molecule has 0 amide bonds. The zero-order valence-electron chi connectivity index (χ0n) is 9.17. The number of nitrogens with zero attached hydrogens (tertiary/aromatic N) is 2. The lowest BCUT2D eigenvalue weighted by atomic mass is 10.3. The third-order valence-corrected chi connectivity index (χ3v) is 4.59. The third kappa shape index (κ3) is 2.44. The minimum atomic E-state index is -3.44. The van der Waals surface area contributed by atoms with E-state index in [0.29, 0.717) is 18.8 Å². The summed E-state index contributed by atoms with van der Waals surface area (Å²) in [6.45, 7) is 1.12. The van der Waals surface area contributed by atoms with Crippen LogP contribution in [0.1, 0.15) is 12.8 Å². The molecule has 1 aromatic carbocycles. The Balaban J connectivity index is 2.38. The van der Waals surface area contributed by atoms with Crippen LogP contribution in [0.5, 0.6) is 0 Å². The number of carbonyl (C=O) groups excluding carboxylic acids is 1. The van der Waals surface area contributed by atoms with Gasteiger partial charge in [0.25, 0.3) is 0 Å². The van der Waals surface area contributed by atoms with E-state index >= 15 is 0 Å². The maximum absolute atomic E-state index is 12.2. The van der Waals surface area contributed by atoms with Crippen molar-refractivity contribution in [3.05, 3.63) is 24.3 Å². The molecular formula is C11H12N2O3S. The highest BCUT2D eigenvalue weighted by Crippen LogP contribution is 2.23. The smallest absolute Gasteiger partial charge is 0.211 e. The van der Waals surface area contributed by atoms with Crippen LogP contribution in [-0.2, 0) is 14.8 Å². The van der Waals surface area contributed by atoms with E-state index in [1.54, 1.807) is 12.1 Å². The van der Waals surface area contributed by atoms with Crippen LogP contribution in [0.3, 0.4) is 0 Å². The predicted octanol–water partition coefficient (Wildman–Crippen LogP) is 1.44. The van der Waals surface area contributed by atoms with E-state index in [9.17, 15) is 13.2 Å². The highest BCUT2D eigenvalue weighted by molar-refractivity contribution is 7.89. The van der Waals surface area contributed by atoms with E-state index in [4.69, 9.17) is 0 Å². The molecular weight excluding hydrogens is 240 g/mol. The van der Waals surface area contributed by atoms with Crippen molar-refractivity contribution >= 4 is 21.8 Å². The molecule has 5 nitrogen and oxygen atoms in total. The first kappa shape index (κ1) is 12.0. The van der Waals surface area contributed by atoms with E-state index in [2.05, 4.69) is 4.99 Å². The van der Waals surface area contributed by atoms with Crippen molar-refractivity contribution in [2.75, 3.05) is 13.1 Å². The van der Waals surface area contributed by atoms with Crippen LogP contribution in [-0.4, -0.2) is 31.9 Å². The van der Waals surface area contributed by atoms with Crippen LogP contribution in [0, 0.1) is 0 Å². The lowest BCUT2D eigenvalue weighted by molar-refractivity contribution is 0.477. The third-order valence-electron chi connectivity index (χ3n) is 2.70. The van der Waals surface area contributed by atoms with Crippen molar-refractivity contribution in [1.29, 1.82) is 0 Å². The summed E-state index contributed by atoms with van der Waals surface area (Å²) in [4.78, 5) is 13.7. The molecule has 1 saturated heterocycles. The number of sulfonamides is 1. The Morgan fingerprint density at radius 3 is 2.59 bits per heavy atom. The number of hydrogen-bond acceptors (Lipinski definition) is 4. The zero-order chi connectivity index (χ0) is 12.3.